The van der Waals surface area contributed by atoms with Gasteiger partial charge < -0.3 is 15.2 Å². The molecule has 2 N–H and O–H groups in total. The van der Waals surface area contributed by atoms with Crippen LogP contribution in [0.25, 0.3) is 0 Å². The number of aliphatic hydroxyl groups is 1. The number of aromatic nitrogens is 2. The molecule has 0 saturated carbocycles. The topological polar surface area (TPSA) is 67.3 Å². The summed E-state index contributed by atoms with van der Waals surface area (Å²) in [4.78, 5) is 7.98. The molecule has 0 bridgehead atoms. The Kier molecular flexibility index (Phi) is 3.45. The van der Waals surface area contributed by atoms with E-state index in [1.165, 1.54) is 13.3 Å². The number of methoxy groups -OCH3 is 1. The van der Waals surface area contributed by atoms with Crippen molar-refractivity contribution in [2.75, 3.05) is 19.0 Å². The molecule has 1 aromatic rings. The van der Waals surface area contributed by atoms with Crippen LogP contribution in [-0.4, -0.2) is 34.8 Å². The van der Waals surface area contributed by atoms with E-state index >= 15 is 0 Å². The van der Waals surface area contributed by atoms with Crippen molar-refractivity contribution in [3.63, 3.8) is 0 Å². The second kappa shape index (κ2) is 4.61. The fourth-order valence-corrected chi connectivity index (χ4v) is 0.814. The summed E-state index contributed by atoms with van der Waals surface area (Å²) >= 11 is 0. The molecule has 0 radical (unpaired) electrons. The van der Waals surface area contributed by atoms with Crippen molar-refractivity contribution >= 4 is 5.82 Å². The number of hydrogen-bond donors (Lipinski definition) is 2. The van der Waals surface area contributed by atoms with Crippen LogP contribution in [0.2, 0.25) is 0 Å². The van der Waals surface area contributed by atoms with Gasteiger partial charge in [-0.1, -0.05) is 0 Å². The number of ether oxygens (including phenoxy) is 1. The first-order chi connectivity index (χ1) is 6.26. The van der Waals surface area contributed by atoms with Crippen molar-refractivity contribution in [1.29, 1.82) is 0 Å². The molecule has 1 heterocycles. The van der Waals surface area contributed by atoms with Crippen molar-refractivity contribution in [1.82, 2.24) is 9.97 Å². The van der Waals surface area contributed by atoms with Gasteiger partial charge in [-0.2, -0.15) is 4.98 Å². The van der Waals surface area contributed by atoms with Gasteiger partial charge in [-0.3, -0.25) is 4.98 Å². The highest BCUT2D eigenvalue weighted by Crippen LogP contribution is 2.08. The van der Waals surface area contributed by atoms with E-state index in [2.05, 4.69) is 15.3 Å². The summed E-state index contributed by atoms with van der Waals surface area (Å²) in [5, 5.41) is 11.7. The lowest BCUT2D eigenvalue weighted by atomic mass is 10.4. The first kappa shape index (κ1) is 9.73. The number of hydrogen-bond acceptors (Lipinski definition) is 5. The smallest absolute Gasteiger partial charge is 0.233 e. The van der Waals surface area contributed by atoms with Gasteiger partial charge in [0.15, 0.2) is 0 Å². The van der Waals surface area contributed by atoms with E-state index in [9.17, 15) is 0 Å². The van der Waals surface area contributed by atoms with E-state index in [0.717, 1.165) is 0 Å². The van der Waals surface area contributed by atoms with Gasteiger partial charge >= 0.3 is 0 Å². The lowest BCUT2D eigenvalue weighted by Crippen LogP contribution is -2.20. The van der Waals surface area contributed by atoms with Crippen LogP contribution in [0, 0.1) is 0 Å². The fourth-order valence-electron chi connectivity index (χ4n) is 0.814. The van der Waals surface area contributed by atoms with Gasteiger partial charge in [0.25, 0.3) is 0 Å². The van der Waals surface area contributed by atoms with E-state index in [0.29, 0.717) is 11.7 Å². The molecule has 0 saturated heterocycles. The zero-order valence-electron chi connectivity index (χ0n) is 7.69. The summed E-state index contributed by atoms with van der Waals surface area (Å²) in [5.41, 5.74) is 0. The van der Waals surface area contributed by atoms with Crippen LogP contribution >= 0.6 is 0 Å². The summed E-state index contributed by atoms with van der Waals surface area (Å²) in [6.07, 6.45) is 3.10. The van der Waals surface area contributed by atoms with Crippen molar-refractivity contribution < 1.29 is 9.84 Å². The number of rotatable bonds is 4. The second-order valence-electron chi connectivity index (χ2n) is 2.67. The zero-order chi connectivity index (χ0) is 9.68. The average Bonchev–Trinajstić information content (AvgIpc) is 2.18. The molecule has 13 heavy (non-hydrogen) atoms. The van der Waals surface area contributed by atoms with Crippen molar-refractivity contribution in [2.24, 2.45) is 0 Å². The summed E-state index contributed by atoms with van der Waals surface area (Å²) < 4.78 is 4.89. The summed E-state index contributed by atoms with van der Waals surface area (Å²) in [5.74, 6) is 1.05. The Morgan fingerprint density at radius 2 is 2.38 bits per heavy atom. The minimum atomic E-state index is -0.0404. The Morgan fingerprint density at radius 1 is 1.62 bits per heavy atom. The lowest BCUT2D eigenvalue weighted by molar-refractivity contribution is 0.281. The van der Waals surface area contributed by atoms with Gasteiger partial charge in [0.2, 0.25) is 5.88 Å². The highest BCUT2D eigenvalue weighted by molar-refractivity contribution is 5.34. The summed E-state index contributed by atoms with van der Waals surface area (Å²) in [6.45, 7) is 1.90. The van der Waals surface area contributed by atoms with Crippen molar-refractivity contribution in [3.05, 3.63) is 12.4 Å². The van der Waals surface area contributed by atoms with Crippen LogP contribution in [-0.2, 0) is 0 Å². The molecule has 72 valence electrons. The second-order valence-corrected chi connectivity index (χ2v) is 2.67. The minimum absolute atomic E-state index is 0.0404. The SMILES string of the molecule is COc1cncc(NC(C)CO)n1. The lowest BCUT2D eigenvalue weighted by Gasteiger charge is -2.10. The quantitative estimate of drug-likeness (QED) is 0.701. The molecule has 5 nitrogen and oxygen atoms in total. The van der Waals surface area contributed by atoms with Gasteiger partial charge in [0, 0.05) is 6.04 Å². The van der Waals surface area contributed by atoms with Crippen LogP contribution in [0.15, 0.2) is 12.4 Å². The van der Waals surface area contributed by atoms with E-state index < -0.39 is 0 Å². The van der Waals surface area contributed by atoms with Gasteiger partial charge in [-0.05, 0) is 6.92 Å². The molecule has 1 rings (SSSR count). The first-order valence-electron chi connectivity index (χ1n) is 3.99. The zero-order valence-corrected chi connectivity index (χ0v) is 7.69. The van der Waals surface area contributed by atoms with Gasteiger partial charge in [0.1, 0.15) is 5.82 Å². The molecular formula is C8H13N3O2. The maximum Gasteiger partial charge on any atom is 0.233 e. The number of anilines is 1. The third kappa shape index (κ3) is 2.87. The van der Waals surface area contributed by atoms with E-state index in [1.807, 2.05) is 6.92 Å². The minimum Gasteiger partial charge on any atom is -0.480 e. The Labute approximate surface area is 76.8 Å². The molecule has 0 aliphatic rings. The largest absolute Gasteiger partial charge is 0.480 e. The van der Waals surface area contributed by atoms with Crippen LogP contribution in [0.3, 0.4) is 0 Å². The Morgan fingerprint density at radius 3 is 3.00 bits per heavy atom. The van der Waals surface area contributed by atoms with Crippen LogP contribution < -0.4 is 10.1 Å². The van der Waals surface area contributed by atoms with Crippen molar-refractivity contribution in [3.8, 4) is 5.88 Å². The highest BCUT2D eigenvalue weighted by atomic mass is 16.5. The molecule has 0 aliphatic carbocycles. The molecule has 0 spiro atoms. The molecule has 0 aromatic carbocycles. The number of nitrogens with one attached hydrogen (secondary N) is 1. The average molecular weight is 183 g/mol. The van der Waals surface area contributed by atoms with Gasteiger partial charge in [-0.25, -0.2) is 0 Å². The number of aliphatic hydroxyl groups excluding tert-OH is 1. The third-order valence-electron chi connectivity index (χ3n) is 1.49. The van der Waals surface area contributed by atoms with Gasteiger partial charge in [0.05, 0.1) is 26.1 Å². The third-order valence-corrected chi connectivity index (χ3v) is 1.49. The molecular weight excluding hydrogens is 170 g/mol. The van der Waals surface area contributed by atoms with E-state index in [-0.39, 0.29) is 12.6 Å². The molecule has 0 aliphatic heterocycles. The summed E-state index contributed by atoms with van der Waals surface area (Å²) in [7, 11) is 1.53. The normalized spacial score (nSPS) is 12.2. The van der Waals surface area contributed by atoms with Crippen LogP contribution in [0.5, 0.6) is 5.88 Å². The number of nitrogens with zero attached hydrogens (tertiary/aromatic N) is 2. The predicted octanol–water partition coefficient (Wildman–Crippen LogP) is 0.278. The van der Waals surface area contributed by atoms with Crippen molar-refractivity contribution in [2.45, 2.75) is 13.0 Å². The standard InChI is InChI=1S/C8H13N3O2/c1-6(5-12)10-7-3-9-4-8(11-7)13-2/h3-4,6,12H,5H2,1-2H3,(H,10,11). The molecule has 1 unspecified atom stereocenters. The van der Waals surface area contributed by atoms with Gasteiger partial charge in [-0.15, -0.1) is 0 Å². The predicted molar refractivity (Wildman–Crippen MR) is 48.8 cm³/mol. The highest BCUT2D eigenvalue weighted by Gasteiger charge is 2.02. The van der Waals surface area contributed by atoms with Crippen LogP contribution in [0.1, 0.15) is 6.92 Å². The molecule has 1 aromatic heterocycles. The first-order valence-corrected chi connectivity index (χ1v) is 3.99. The van der Waals surface area contributed by atoms with E-state index in [1.54, 1.807) is 6.20 Å². The fraction of sp³-hybridized carbons (Fsp3) is 0.500. The molecule has 0 fully saturated rings. The molecule has 1 atom stereocenters. The van der Waals surface area contributed by atoms with Crippen LogP contribution in [0.4, 0.5) is 5.82 Å². The maximum atomic E-state index is 8.78. The Hall–Kier alpha value is -1.36. The Balaban J connectivity index is 2.66. The van der Waals surface area contributed by atoms with E-state index in [4.69, 9.17) is 9.84 Å². The maximum absolute atomic E-state index is 8.78. The molecule has 5 heteroatoms. The Bertz CT molecular complexity index is 267. The molecule has 0 amide bonds. The summed E-state index contributed by atoms with van der Waals surface area (Å²) in [6, 6.07) is -0.0404. The monoisotopic (exact) mass is 183 g/mol.